The molecule has 170 valence electrons. The van der Waals surface area contributed by atoms with Gasteiger partial charge in [0.05, 0.1) is 17.1 Å². The average molecular weight is 531 g/mol. The molecule has 1 fully saturated rings. The molecular weight excluding hydrogens is 510 g/mol. The van der Waals surface area contributed by atoms with Crippen molar-refractivity contribution in [3.8, 4) is 0 Å². The molecule has 3 aliphatic heterocycles. The largest absolute Gasteiger partial charge is 0.327 e. The molecule has 2 aromatic rings. The molecule has 1 saturated heterocycles. The third-order valence-corrected chi connectivity index (χ3v) is 8.24. The van der Waals surface area contributed by atoms with Gasteiger partial charge in [-0.3, -0.25) is 24.5 Å². The summed E-state index contributed by atoms with van der Waals surface area (Å²) in [6.45, 7) is 4.22. The van der Waals surface area contributed by atoms with E-state index in [-0.39, 0.29) is 36.2 Å². The molecule has 0 radical (unpaired) electrons. The fourth-order valence-electron chi connectivity index (χ4n) is 5.11. The number of nitrogens with one attached hydrogen (secondary N) is 1. The first-order valence-electron chi connectivity index (χ1n) is 10.8. The first-order valence-corrected chi connectivity index (χ1v) is 11.9. The summed E-state index contributed by atoms with van der Waals surface area (Å²) >= 11 is 9.90. The Morgan fingerprint density at radius 3 is 2.58 bits per heavy atom. The van der Waals surface area contributed by atoms with Crippen molar-refractivity contribution in [2.45, 2.75) is 51.4 Å². The van der Waals surface area contributed by atoms with Gasteiger partial charge in [0.1, 0.15) is 6.04 Å². The van der Waals surface area contributed by atoms with Crippen molar-refractivity contribution in [3.63, 3.8) is 0 Å². The highest BCUT2D eigenvalue weighted by atomic mass is 79.9. The molecule has 0 saturated carbocycles. The van der Waals surface area contributed by atoms with Gasteiger partial charge in [0.25, 0.3) is 11.8 Å². The van der Waals surface area contributed by atoms with Crippen molar-refractivity contribution in [2.75, 3.05) is 0 Å². The van der Waals surface area contributed by atoms with Crippen LogP contribution in [0.5, 0.6) is 0 Å². The van der Waals surface area contributed by atoms with Crippen LogP contribution in [-0.4, -0.2) is 39.5 Å². The number of halogens is 2. The Labute approximate surface area is 204 Å². The first kappa shape index (κ1) is 22.1. The maximum Gasteiger partial charge on any atom is 0.255 e. The normalized spacial score (nSPS) is 24.1. The number of hydrogen-bond donors (Lipinski definition) is 1. The van der Waals surface area contributed by atoms with Crippen molar-refractivity contribution < 1.29 is 19.2 Å². The number of rotatable bonds is 2. The Bertz CT molecular complexity index is 1250. The van der Waals surface area contributed by atoms with E-state index >= 15 is 0 Å². The summed E-state index contributed by atoms with van der Waals surface area (Å²) in [7, 11) is 0. The van der Waals surface area contributed by atoms with Crippen molar-refractivity contribution in [2.24, 2.45) is 0 Å². The van der Waals surface area contributed by atoms with Crippen molar-refractivity contribution in [1.29, 1.82) is 0 Å². The molecule has 3 aliphatic rings. The second-order valence-electron chi connectivity index (χ2n) is 8.70. The first-order chi connectivity index (χ1) is 15.7. The lowest BCUT2D eigenvalue weighted by molar-refractivity contribution is -0.137. The van der Waals surface area contributed by atoms with Crippen molar-refractivity contribution >= 4 is 51.2 Å². The van der Waals surface area contributed by atoms with E-state index in [0.29, 0.717) is 34.7 Å². The minimum atomic E-state index is -0.703. The molecule has 1 N–H and O–H groups in total. The van der Waals surface area contributed by atoms with Gasteiger partial charge in [-0.25, -0.2) is 0 Å². The minimum Gasteiger partial charge on any atom is -0.327 e. The molecule has 0 aromatic heterocycles. The Balaban J connectivity index is 1.43. The van der Waals surface area contributed by atoms with Crippen molar-refractivity contribution in [1.82, 2.24) is 15.1 Å². The minimum absolute atomic E-state index is 0.134. The standard InChI is InChI=1S/C24H21BrClN3O4/c1-11-14-5-6-18(25)21(26)17(14)10-28(11)23(32)13-3-4-15-16(9-13)12(2)29(24(15)33)19-7-8-20(30)27-22(19)31/h3-6,9,11-12,19H,7-8,10H2,1-2H3,(H,27,30,31)/t11-,12+,19-/m0/s1. The highest BCUT2D eigenvalue weighted by molar-refractivity contribution is 9.10. The zero-order chi connectivity index (χ0) is 23.6. The summed E-state index contributed by atoms with van der Waals surface area (Å²) in [4.78, 5) is 53.7. The topological polar surface area (TPSA) is 86.8 Å². The maximum atomic E-state index is 13.5. The highest BCUT2D eigenvalue weighted by Gasteiger charge is 2.43. The summed E-state index contributed by atoms with van der Waals surface area (Å²) in [5.41, 5.74) is 3.62. The molecule has 0 unspecified atom stereocenters. The van der Waals surface area contributed by atoms with E-state index in [1.807, 2.05) is 26.0 Å². The molecule has 5 rings (SSSR count). The molecular formula is C24H21BrClN3O4. The molecule has 9 heteroatoms. The molecule has 0 bridgehead atoms. The number of piperidine rings is 1. The van der Waals surface area contributed by atoms with Crippen molar-refractivity contribution in [3.05, 3.63) is 67.6 Å². The van der Waals surface area contributed by atoms with E-state index in [0.717, 1.165) is 15.6 Å². The summed E-state index contributed by atoms with van der Waals surface area (Å²) < 4.78 is 0.794. The number of nitrogens with zero attached hydrogens (tertiary/aromatic N) is 2. The van der Waals surface area contributed by atoms with Gasteiger partial charge in [0.15, 0.2) is 0 Å². The molecule has 0 spiro atoms. The summed E-state index contributed by atoms with van der Waals surface area (Å²) in [6, 6.07) is 7.71. The number of hydrogen-bond acceptors (Lipinski definition) is 4. The molecule has 2 aromatic carbocycles. The number of fused-ring (bicyclic) bond motifs is 2. The van der Waals surface area contributed by atoms with Crippen LogP contribution in [0.2, 0.25) is 5.02 Å². The molecule has 0 aliphatic carbocycles. The summed E-state index contributed by atoms with van der Waals surface area (Å²) in [5.74, 6) is -1.19. The Hall–Kier alpha value is -2.71. The lowest BCUT2D eigenvalue weighted by Gasteiger charge is -2.32. The van der Waals surface area contributed by atoms with E-state index in [1.54, 1.807) is 23.1 Å². The fraction of sp³-hybridized carbons (Fsp3) is 0.333. The summed E-state index contributed by atoms with van der Waals surface area (Å²) in [6.07, 6.45) is 0.486. The van der Waals surface area contributed by atoms with Gasteiger partial charge < -0.3 is 9.80 Å². The van der Waals surface area contributed by atoms with Crippen LogP contribution in [0.4, 0.5) is 0 Å². The number of benzene rings is 2. The lowest BCUT2D eigenvalue weighted by Crippen LogP contribution is -2.53. The smallest absolute Gasteiger partial charge is 0.255 e. The Morgan fingerprint density at radius 1 is 1.09 bits per heavy atom. The van der Waals surface area contributed by atoms with Gasteiger partial charge >= 0.3 is 0 Å². The molecule has 3 heterocycles. The van der Waals surface area contributed by atoms with E-state index in [4.69, 9.17) is 11.6 Å². The van der Waals surface area contributed by atoms with Gasteiger partial charge in [-0.05, 0) is 77.2 Å². The monoisotopic (exact) mass is 529 g/mol. The predicted octanol–water partition coefficient (Wildman–Crippen LogP) is 4.14. The fourth-order valence-corrected chi connectivity index (χ4v) is 5.71. The number of amides is 4. The number of carbonyl (C=O) groups excluding carboxylic acids is 4. The van der Waals surface area contributed by atoms with Gasteiger partial charge in [0, 0.05) is 28.6 Å². The Kier molecular flexibility index (Phi) is 5.33. The molecule has 33 heavy (non-hydrogen) atoms. The quantitative estimate of drug-likeness (QED) is 0.591. The van der Waals surface area contributed by atoms with Crippen LogP contribution >= 0.6 is 27.5 Å². The number of imide groups is 1. The van der Waals surface area contributed by atoms with Crippen LogP contribution in [0, 0.1) is 0 Å². The van der Waals surface area contributed by atoms with E-state index in [1.165, 1.54) is 4.90 Å². The molecule has 3 atom stereocenters. The van der Waals surface area contributed by atoms with Crippen LogP contribution in [0.3, 0.4) is 0 Å². The zero-order valence-electron chi connectivity index (χ0n) is 18.0. The highest BCUT2D eigenvalue weighted by Crippen LogP contribution is 2.42. The van der Waals surface area contributed by atoms with Crippen LogP contribution in [-0.2, 0) is 16.1 Å². The molecule has 4 amide bonds. The SMILES string of the molecule is C[C@@H]1c2cc(C(=O)N3Cc4c(ccc(Br)c4Cl)[C@@H]3C)ccc2C(=O)N1[C@H]1CCC(=O)NC1=O. The Morgan fingerprint density at radius 2 is 1.85 bits per heavy atom. The van der Waals surface area contributed by atoms with Crippen LogP contribution in [0.15, 0.2) is 34.8 Å². The van der Waals surface area contributed by atoms with E-state index in [9.17, 15) is 19.2 Å². The van der Waals surface area contributed by atoms with Crippen LogP contribution in [0.25, 0.3) is 0 Å². The summed E-state index contributed by atoms with van der Waals surface area (Å²) in [5, 5.41) is 2.93. The maximum absolute atomic E-state index is 13.5. The third kappa shape index (κ3) is 3.38. The lowest BCUT2D eigenvalue weighted by atomic mass is 10.0. The van der Waals surface area contributed by atoms with E-state index < -0.39 is 11.9 Å². The molecule has 7 nitrogen and oxygen atoms in total. The van der Waals surface area contributed by atoms with Crippen LogP contribution < -0.4 is 5.32 Å². The van der Waals surface area contributed by atoms with Gasteiger partial charge in [0.2, 0.25) is 11.8 Å². The van der Waals surface area contributed by atoms with Gasteiger partial charge in [-0.15, -0.1) is 0 Å². The van der Waals surface area contributed by atoms with E-state index in [2.05, 4.69) is 21.2 Å². The third-order valence-electron chi connectivity index (χ3n) is 6.92. The van der Waals surface area contributed by atoms with Gasteiger partial charge in [-0.2, -0.15) is 0 Å². The average Bonchev–Trinajstić information content (AvgIpc) is 3.25. The van der Waals surface area contributed by atoms with Crippen LogP contribution in [0.1, 0.15) is 76.2 Å². The van der Waals surface area contributed by atoms with Gasteiger partial charge in [-0.1, -0.05) is 17.7 Å². The predicted molar refractivity (Wildman–Crippen MR) is 125 cm³/mol. The number of carbonyl (C=O) groups is 4. The zero-order valence-corrected chi connectivity index (χ0v) is 20.4. The second kappa shape index (κ2) is 7.95. The second-order valence-corrected chi connectivity index (χ2v) is 9.93.